The summed E-state index contributed by atoms with van der Waals surface area (Å²) in [5.41, 5.74) is 6.90. The van der Waals surface area contributed by atoms with Crippen LogP contribution in [0.3, 0.4) is 0 Å². The molecule has 1 amide bonds. The summed E-state index contributed by atoms with van der Waals surface area (Å²) < 4.78 is 22.4. The molecule has 1 aliphatic carbocycles. The first kappa shape index (κ1) is 23.0. The first-order chi connectivity index (χ1) is 17.4. The van der Waals surface area contributed by atoms with Gasteiger partial charge < -0.3 is 15.8 Å². The van der Waals surface area contributed by atoms with E-state index in [4.69, 9.17) is 10.5 Å². The van der Waals surface area contributed by atoms with Crippen molar-refractivity contribution in [3.8, 4) is 28.8 Å². The number of hydrogen-bond donors (Lipinski definition) is 2. The molecule has 1 fully saturated rings. The van der Waals surface area contributed by atoms with Crippen LogP contribution in [0, 0.1) is 23.1 Å². The quantitative estimate of drug-likeness (QED) is 0.292. The normalized spacial score (nSPS) is 14.3. The summed E-state index contributed by atoms with van der Waals surface area (Å²) in [6, 6.07) is 15.4. The molecule has 0 saturated heterocycles. The Morgan fingerprint density at radius 2 is 2.03 bits per heavy atom. The zero-order valence-corrected chi connectivity index (χ0v) is 19.4. The van der Waals surface area contributed by atoms with E-state index in [0.717, 1.165) is 12.8 Å². The zero-order valence-electron chi connectivity index (χ0n) is 19.4. The Labute approximate surface area is 206 Å². The highest BCUT2D eigenvalue weighted by molar-refractivity contribution is 5.99. The number of nitrogens with two attached hydrogens (primary N) is 1. The predicted octanol–water partition coefficient (Wildman–Crippen LogP) is 4.50. The summed E-state index contributed by atoms with van der Waals surface area (Å²) >= 11 is 0. The van der Waals surface area contributed by atoms with Crippen LogP contribution in [0.25, 0.3) is 22.3 Å². The third kappa shape index (κ3) is 4.59. The van der Waals surface area contributed by atoms with Gasteiger partial charge >= 0.3 is 0 Å². The molecular weight excluding hydrogens is 461 g/mol. The van der Waals surface area contributed by atoms with E-state index >= 15 is 4.39 Å². The number of amides is 1. The summed E-state index contributed by atoms with van der Waals surface area (Å²) in [5.74, 6) is 0.195. The van der Waals surface area contributed by atoms with Crippen LogP contribution in [0.5, 0.6) is 11.5 Å². The number of rotatable bonds is 7. The number of para-hydroxylation sites is 1. The standard InChI is InChI=1S/C26H22FN7O2/c1-15(32-26(35)17(13-28)11-16-7-8-16)34-25-22(24(29)30-14-31-25)23(33-34)20-10-9-19(12-21(20)27)36-18-5-3-2-4-6-18/h2-6,9-12,14-16H,7-8H2,1H3,(H,32,35)(H2,29,30,31)/b17-11-. The van der Waals surface area contributed by atoms with E-state index in [1.807, 2.05) is 24.3 Å². The molecule has 2 aromatic carbocycles. The molecule has 10 heteroatoms. The molecule has 9 nitrogen and oxygen atoms in total. The number of aromatic nitrogens is 4. The van der Waals surface area contributed by atoms with Gasteiger partial charge in [0.25, 0.3) is 5.91 Å². The second-order valence-corrected chi connectivity index (χ2v) is 8.49. The lowest BCUT2D eigenvalue weighted by Gasteiger charge is -2.14. The fraction of sp³-hybridized carbons (Fsp3) is 0.192. The van der Waals surface area contributed by atoms with Crippen LogP contribution in [-0.4, -0.2) is 25.7 Å². The predicted molar refractivity (Wildman–Crippen MR) is 131 cm³/mol. The van der Waals surface area contributed by atoms with Gasteiger partial charge in [-0.25, -0.2) is 19.0 Å². The Bertz CT molecular complexity index is 1520. The first-order valence-electron chi connectivity index (χ1n) is 11.4. The number of ether oxygens (including phenoxy) is 1. The van der Waals surface area contributed by atoms with Crippen LogP contribution >= 0.6 is 0 Å². The van der Waals surface area contributed by atoms with Crippen molar-refractivity contribution < 1.29 is 13.9 Å². The second-order valence-electron chi connectivity index (χ2n) is 8.49. The number of anilines is 1. The van der Waals surface area contributed by atoms with E-state index in [1.165, 1.54) is 17.1 Å². The maximum absolute atomic E-state index is 15.3. The Hall–Kier alpha value is -4.78. The van der Waals surface area contributed by atoms with Crippen LogP contribution in [0.15, 0.2) is 66.5 Å². The Balaban J connectivity index is 1.49. The number of carbonyl (C=O) groups is 1. The van der Waals surface area contributed by atoms with Crippen LogP contribution in [0.1, 0.15) is 25.9 Å². The Morgan fingerprint density at radius 1 is 1.25 bits per heavy atom. The van der Waals surface area contributed by atoms with Gasteiger partial charge in [0.2, 0.25) is 0 Å². The molecule has 36 heavy (non-hydrogen) atoms. The Kier molecular flexibility index (Phi) is 6.04. The van der Waals surface area contributed by atoms with Gasteiger partial charge in [-0.2, -0.15) is 10.4 Å². The van der Waals surface area contributed by atoms with Gasteiger partial charge in [-0.3, -0.25) is 4.79 Å². The van der Waals surface area contributed by atoms with Crippen LogP contribution in [-0.2, 0) is 4.79 Å². The average molecular weight is 484 g/mol. The van der Waals surface area contributed by atoms with Crippen LogP contribution < -0.4 is 15.8 Å². The number of nitrogens with one attached hydrogen (secondary N) is 1. The van der Waals surface area contributed by atoms with Gasteiger partial charge in [-0.05, 0) is 49.9 Å². The molecule has 1 atom stereocenters. The molecule has 2 aromatic heterocycles. The molecule has 0 radical (unpaired) electrons. The summed E-state index contributed by atoms with van der Waals surface area (Å²) in [6.07, 6.45) is 4.19. The molecular formula is C26H22FN7O2. The molecule has 180 valence electrons. The lowest BCUT2D eigenvalue weighted by molar-refractivity contribution is -0.118. The van der Waals surface area contributed by atoms with Crippen molar-refractivity contribution in [2.45, 2.75) is 25.9 Å². The molecule has 1 unspecified atom stereocenters. The van der Waals surface area contributed by atoms with Gasteiger partial charge in [-0.1, -0.05) is 24.3 Å². The zero-order chi connectivity index (χ0) is 25.2. The SMILES string of the molecule is CC(NC(=O)/C(C#N)=C\C1CC1)n1nc(-c2ccc(Oc3ccccc3)cc2F)c2c(N)ncnc21. The number of allylic oxidation sites excluding steroid dienone is 1. The smallest absolute Gasteiger partial charge is 0.263 e. The number of nitrogens with zero attached hydrogens (tertiary/aromatic N) is 5. The van der Waals surface area contributed by atoms with Crippen molar-refractivity contribution in [1.29, 1.82) is 5.26 Å². The van der Waals surface area contributed by atoms with Crippen LogP contribution in [0.2, 0.25) is 0 Å². The van der Waals surface area contributed by atoms with E-state index in [-0.39, 0.29) is 28.6 Å². The summed E-state index contributed by atoms with van der Waals surface area (Å²) in [5, 5.41) is 17.0. The minimum absolute atomic E-state index is 0.0511. The molecule has 0 spiro atoms. The van der Waals surface area contributed by atoms with Crippen LogP contribution in [0.4, 0.5) is 10.2 Å². The summed E-state index contributed by atoms with van der Waals surface area (Å²) in [7, 11) is 0. The molecule has 5 rings (SSSR count). The third-order valence-corrected chi connectivity index (χ3v) is 5.79. The average Bonchev–Trinajstić information content (AvgIpc) is 3.61. The topological polar surface area (TPSA) is 132 Å². The largest absolute Gasteiger partial charge is 0.457 e. The molecule has 4 aromatic rings. The second kappa shape index (κ2) is 9.46. The summed E-state index contributed by atoms with van der Waals surface area (Å²) in [4.78, 5) is 21.0. The van der Waals surface area contributed by atoms with Crippen molar-refractivity contribution >= 4 is 22.8 Å². The van der Waals surface area contributed by atoms with Crippen molar-refractivity contribution in [3.05, 3.63) is 72.3 Å². The van der Waals surface area contributed by atoms with E-state index in [2.05, 4.69) is 20.4 Å². The van der Waals surface area contributed by atoms with Gasteiger partial charge in [0.1, 0.15) is 53.0 Å². The number of carbonyl (C=O) groups excluding carboxylic acids is 1. The molecule has 3 N–H and O–H groups in total. The van der Waals surface area contributed by atoms with E-state index in [9.17, 15) is 10.1 Å². The van der Waals surface area contributed by atoms with Gasteiger partial charge in [0, 0.05) is 11.6 Å². The number of halogens is 1. The highest BCUT2D eigenvalue weighted by atomic mass is 19.1. The monoisotopic (exact) mass is 483 g/mol. The minimum Gasteiger partial charge on any atom is -0.457 e. The Morgan fingerprint density at radius 3 is 2.72 bits per heavy atom. The minimum atomic E-state index is -0.706. The number of hydrogen-bond acceptors (Lipinski definition) is 7. The molecule has 1 aliphatic rings. The highest BCUT2D eigenvalue weighted by Gasteiger charge is 2.25. The lowest BCUT2D eigenvalue weighted by Crippen LogP contribution is -2.32. The van der Waals surface area contributed by atoms with E-state index in [1.54, 1.807) is 37.3 Å². The molecule has 2 heterocycles. The van der Waals surface area contributed by atoms with Crippen molar-refractivity contribution in [3.63, 3.8) is 0 Å². The fourth-order valence-electron chi connectivity index (χ4n) is 3.82. The lowest BCUT2D eigenvalue weighted by atomic mass is 10.1. The first-order valence-corrected chi connectivity index (χ1v) is 11.4. The summed E-state index contributed by atoms with van der Waals surface area (Å²) in [6.45, 7) is 1.69. The number of nitrogen functional groups attached to an aromatic ring is 1. The molecule has 0 aliphatic heterocycles. The van der Waals surface area contributed by atoms with Gasteiger partial charge in [-0.15, -0.1) is 0 Å². The van der Waals surface area contributed by atoms with E-state index in [0.29, 0.717) is 22.5 Å². The highest BCUT2D eigenvalue weighted by Crippen LogP contribution is 2.35. The molecule has 0 bridgehead atoms. The fourth-order valence-corrected chi connectivity index (χ4v) is 3.82. The van der Waals surface area contributed by atoms with Gasteiger partial charge in [0.05, 0.1) is 5.39 Å². The number of benzene rings is 2. The number of nitriles is 1. The van der Waals surface area contributed by atoms with Gasteiger partial charge in [0.15, 0.2) is 5.65 Å². The van der Waals surface area contributed by atoms with Crippen molar-refractivity contribution in [1.82, 2.24) is 25.1 Å². The maximum Gasteiger partial charge on any atom is 0.263 e. The third-order valence-electron chi connectivity index (χ3n) is 5.79. The molecule has 1 saturated carbocycles. The van der Waals surface area contributed by atoms with Crippen molar-refractivity contribution in [2.24, 2.45) is 5.92 Å². The van der Waals surface area contributed by atoms with E-state index < -0.39 is 17.9 Å². The maximum atomic E-state index is 15.3. The van der Waals surface area contributed by atoms with Crippen molar-refractivity contribution in [2.75, 3.05) is 5.73 Å². The number of fused-ring (bicyclic) bond motifs is 1.